The molecule has 4 rings (SSSR count). The van der Waals surface area contributed by atoms with Crippen LogP contribution in [0.2, 0.25) is 0 Å². The van der Waals surface area contributed by atoms with Gasteiger partial charge in [-0.3, -0.25) is 0 Å². The van der Waals surface area contributed by atoms with E-state index in [2.05, 4.69) is 10.1 Å². The Kier molecular flexibility index (Phi) is 3.61. The molecule has 2 heterocycles. The van der Waals surface area contributed by atoms with E-state index in [4.69, 9.17) is 0 Å². The Morgan fingerprint density at radius 2 is 1.56 bits per heavy atom. The molecule has 0 saturated carbocycles. The molecule has 25 heavy (non-hydrogen) atoms. The van der Waals surface area contributed by atoms with E-state index in [1.165, 1.54) is 29.8 Å². The van der Waals surface area contributed by atoms with Crippen LogP contribution in [-0.4, -0.2) is 14.6 Å². The van der Waals surface area contributed by atoms with Crippen molar-refractivity contribution in [1.29, 1.82) is 0 Å². The molecule has 0 aliphatic heterocycles. The molecule has 0 unspecified atom stereocenters. The zero-order chi connectivity index (χ0) is 17.6. The maximum absolute atomic E-state index is 12.8. The molecule has 0 spiro atoms. The highest BCUT2D eigenvalue weighted by molar-refractivity contribution is 7.20. The number of hydrogen-bond donors (Lipinski definition) is 0. The van der Waals surface area contributed by atoms with Crippen LogP contribution in [0.4, 0.5) is 13.2 Å². The van der Waals surface area contributed by atoms with Gasteiger partial charge in [-0.1, -0.05) is 53.3 Å². The van der Waals surface area contributed by atoms with E-state index in [1.54, 1.807) is 4.52 Å². The van der Waals surface area contributed by atoms with Crippen LogP contribution in [-0.2, 0) is 6.18 Å². The molecular formula is C18H12F3N3S. The number of aryl methyl sites for hydroxylation is 1. The second-order valence-electron chi connectivity index (χ2n) is 5.68. The molecule has 0 atom stereocenters. The number of rotatable bonds is 2. The third-order valence-electron chi connectivity index (χ3n) is 3.94. The Morgan fingerprint density at radius 1 is 0.920 bits per heavy atom. The van der Waals surface area contributed by atoms with Crippen molar-refractivity contribution in [3.8, 4) is 21.7 Å². The molecule has 0 fully saturated rings. The summed E-state index contributed by atoms with van der Waals surface area (Å²) in [6.45, 7) is 2.00. The zero-order valence-electron chi connectivity index (χ0n) is 13.1. The normalized spacial score (nSPS) is 12.0. The molecule has 2 aromatic carbocycles. The Morgan fingerprint density at radius 3 is 2.20 bits per heavy atom. The van der Waals surface area contributed by atoms with Crippen LogP contribution in [0.3, 0.4) is 0 Å². The Balaban J connectivity index is 1.89. The molecule has 0 radical (unpaired) electrons. The molecule has 126 valence electrons. The van der Waals surface area contributed by atoms with Gasteiger partial charge in [-0.25, -0.2) is 9.50 Å². The van der Waals surface area contributed by atoms with Gasteiger partial charge in [-0.2, -0.15) is 18.3 Å². The summed E-state index contributed by atoms with van der Waals surface area (Å²) in [5.41, 5.74) is 2.95. The molecule has 4 aromatic rings. The molecular weight excluding hydrogens is 347 g/mol. The molecule has 0 saturated heterocycles. The van der Waals surface area contributed by atoms with Gasteiger partial charge in [-0.05, 0) is 24.6 Å². The quantitative estimate of drug-likeness (QED) is 0.476. The number of nitrogens with zero attached hydrogens (tertiary/aromatic N) is 3. The number of benzene rings is 2. The minimum absolute atomic E-state index is 0.660. The first-order chi connectivity index (χ1) is 11.9. The van der Waals surface area contributed by atoms with E-state index >= 15 is 0 Å². The van der Waals surface area contributed by atoms with Gasteiger partial charge < -0.3 is 0 Å². The van der Waals surface area contributed by atoms with Gasteiger partial charge in [0.25, 0.3) is 0 Å². The lowest BCUT2D eigenvalue weighted by atomic mass is 10.0. The number of hydrogen-bond acceptors (Lipinski definition) is 3. The average Bonchev–Trinajstić information content (AvgIpc) is 3.16. The van der Waals surface area contributed by atoms with Crippen molar-refractivity contribution < 1.29 is 13.2 Å². The molecule has 2 aromatic heterocycles. The Hall–Kier alpha value is -2.67. The monoisotopic (exact) mass is 359 g/mol. The van der Waals surface area contributed by atoms with E-state index in [0.717, 1.165) is 33.8 Å². The van der Waals surface area contributed by atoms with Gasteiger partial charge in [0.15, 0.2) is 0 Å². The summed E-state index contributed by atoms with van der Waals surface area (Å²) in [7, 11) is 0. The molecule has 3 nitrogen and oxygen atoms in total. The smallest absolute Gasteiger partial charge is 0.206 e. The lowest BCUT2D eigenvalue weighted by molar-refractivity contribution is -0.137. The van der Waals surface area contributed by atoms with Crippen LogP contribution in [0.15, 0.2) is 54.9 Å². The summed E-state index contributed by atoms with van der Waals surface area (Å²) in [4.78, 5) is 5.76. The highest BCUT2D eigenvalue weighted by Gasteiger charge is 2.30. The van der Waals surface area contributed by atoms with E-state index in [0.29, 0.717) is 10.5 Å². The van der Waals surface area contributed by atoms with Crippen molar-refractivity contribution in [3.05, 3.63) is 66.0 Å². The van der Waals surface area contributed by atoms with Gasteiger partial charge in [0, 0.05) is 5.56 Å². The van der Waals surface area contributed by atoms with Crippen LogP contribution in [0.25, 0.3) is 26.7 Å². The summed E-state index contributed by atoms with van der Waals surface area (Å²) in [5, 5.41) is 4.26. The molecule has 0 N–H and O–H groups in total. The number of alkyl halides is 3. The molecule has 0 aliphatic rings. The van der Waals surface area contributed by atoms with E-state index in [-0.39, 0.29) is 0 Å². The topological polar surface area (TPSA) is 30.2 Å². The predicted octanol–water partition coefficient (Wildman–Crippen LogP) is 5.45. The lowest BCUT2D eigenvalue weighted by Crippen LogP contribution is -2.04. The standard InChI is InChI=1S/C18H12F3N3S/c1-11-2-4-12(5-3-11)15-16(25-17-22-10-23-24(15)17)13-6-8-14(9-7-13)18(19,20)21/h2-10H,1H3. The van der Waals surface area contributed by atoms with E-state index in [1.807, 2.05) is 31.2 Å². The summed E-state index contributed by atoms with van der Waals surface area (Å²) in [5.74, 6) is 0. The van der Waals surface area contributed by atoms with Gasteiger partial charge in [-0.15, -0.1) is 0 Å². The fourth-order valence-electron chi connectivity index (χ4n) is 2.66. The van der Waals surface area contributed by atoms with Crippen molar-refractivity contribution in [3.63, 3.8) is 0 Å². The number of aromatic nitrogens is 3. The largest absolute Gasteiger partial charge is 0.416 e. The van der Waals surface area contributed by atoms with Crippen molar-refractivity contribution in [2.75, 3.05) is 0 Å². The Bertz CT molecular complexity index is 1030. The van der Waals surface area contributed by atoms with E-state index in [9.17, 15) is 13.2 Å². The second kappa shape index (κ2) is 5.70. The summed E-state index contributed by atoms with van der Waals surface area (Å²) >= 11 is 1.40. The van der Waals surface area contributed by atoms with Crippen molar-refractivity contribution in [2.24, 2.45) is 0 Å². The maximum atomic E-state index is 12.8. The van der Waals surface area contributed by atoms with Crippen LogP contribution in [0, 0.1) is 6.92 Å². The van der Waals surface area contributed by atoms with Crippen molar-refractivity contribution in [1.82, 2.24) is 14.6 Å². The minimum Gasteiger partial charge on any atom is -0.206 e. The van der Waals surface area contributed by atoms with Gasteiger partial charge >= 0.3 is 6.18 Å². The van der Waals surface area contributed by atoms with Gasteiger partial charge in [0.05, 0.1) is 16.1 Å². The first-order valence-corrected chi connectivity index (χ1v) is 8.32. The van der Waals surface area contributed by atoms with Crippen LogP contribution >= 0.6 is 11.3 Å². The number of fused-ring (bicyclic) bond motifs is 1. The fraction of sp³-hybridized carbons (Fsp3) is 0.111. The maximum Gasteiger partial charge on any atom is 0.416 e. The van der Waals surface area contributed by atoms with E-state index < -0.39 is 11.7 Å². The zero-order valence-corrected chi connectivity index (χ0v) is 13.9. The summed E-state index contributed by atoms with van der Waals surface area (Å²) in [6.07, 6.45) is -2.87. The predicted molar refractivity (Wildman–Crippen MR) is 91.5 cm³/mol. The first kappa shape index (κ1) is 15.8. The average molecular weight is 359 g/mol. The third-order valence-corrected chi connectivity index (χ3v) is 5.03. The van der Waals surface area contributed by atoms with Gasteiger partial charge in [0.2, 0.25) is 4.96 Å². The van der Waals surface area contributed by atoms with Gasteiger partial charge in [0.1, 0.15) is 6.33 Å². The summed E-state index contributed by atoms with van der Waals surface area (Å²) in [6, 6.07) is 13.1. The SMILES string of the molecule is Cc1ccc(-c2c(-c3ccc(C(F)(F)F)cc3)sc3ncnn23)cc1. The molecule has 0 bridgehead atoms. The molecule has 0 amide bonds. The second-order valence-corrected chi connectivity index (χ2v) is 6.65. The van der Waals surface area contributed by atoms with Crippen molar-refractivity contribution >= 4 is 16.3 Å². The van der Waals surface area contributed by atoms with Crippen LogP contribution in [0.5, 0.6) is 0 Å². The fourth-order valence-corrected chi connectivity index (χ4v) is 3.72. The summed E-state index contributed by atoms with van der Waals surface area (Å²) < 4.78 is 40.1. The third kappa shape index (κ3) is 2.80. The molecule has 7 heteroatoms. The molecule has 0 aliphatic carbocycles. The first-order valence-electron chi connectivity index (χ1n) is 7.51. The van der Waals surface area contributed by atoms with Crippen LogP contribution in [0.1, 0.15) is 11.1 Å². The number of thiazole rings is 1. The van der Waals surface area contributed by atoms with Crippen molar-refractivity contribution in [2.45, 2.75) is 13.1 Å². The highest BCUT2D eigenvalue weighted by Crippen LogP contribution is 2.39. The highest BCUT2D eigenvalue weighted by atomic mass is 32.1. The Labute approximate surface area is 145 Å². The lowest BCUT2D eigenvalue weighted by Gasteiger charge is -2.08. The minimum atomic E-state index is -4.34. The number of halogens is 3. The van der Waals surface area contributed by atoms with Crippen LogP contribution < -0.4 is 0 Å².